The van der Waals surface area contributed by atoms with E-state index in [1.54, 1.807) is 23.4 Å². The van der Waals surface area contributed by atoms with Crippen molar-refractivity contribution in [2.75, 3.05) is 0 Å². The third kappa shape index (κ3) is 3.40. The number of benzene rings is 2. The summed E-state index contributed by atoms with van der Waals surface area (Å²) in [5, 5.41) is 18.9. The molecule has 5 heteroatoms. The zero-order valence-electron chi connectivity index (χ0n) is 14.0. The molecule has 0 atom stereocenters. The monoisotopic (exact) mass is 340 g/mol. The number of rotatable bonds is 3. The van der Waals surface area contributed by atoms with Crippen LogP contribution in [-0.2, 0) is 13.0 Å². The lowest BCUT2D eigenvalue weighted by Crippen LogP contribution is -1.92. The van der Waals surface area contributed by atoms with Crippen molar-refractivity contribution in [2.24, 2.45) is 0 Å². The van der Waals surface area contributed by atoms with Crippen molar-refractivity contribution in [3.05, 3.63) is 84.1 Å². The van der Waals surface area contributed by atoms with E-state index in [2.05, 4.69) is 27.0 Å². The number of hydrogen-bond donors (Lipinski definition) is 1. The topological polar surface area (TPSA) is 63.8 Å². The van der Waals surface area contributed by atoms with Gasteiger partial charge in [-0.1, -0.05) is 42.2 Å². The van der Waals surface area contributed by atoms with Gasteiger partial charge < -0.3 is 9.67 Å². The SMILES string of the molecule is Oc1c(Cc2ccccc2)cnc2ccc(C#CCn3cnnc3)cc12. The van der Waals surface area contributed by atoms with Crippen molar-refractivity contribution in [1.29, 1.82) is 0 Å². The molecule has 0 spiro atoms. The molecule has 0 saturated carbocycles. The normalized spacial score (nSPS) is 10.5. The standard InChI is InChI=1S/C21H16N4O/c26-21-18(11-16-5-2-1-3-6-16)13-22-20-9-8-17(12-19(20)21)7-4-10-25-14-23-24-15-25/h1-3,5-6,8-9,12-15H,10-11H2,(H,22,26). The maximum absolute atomic E-state index is 10.7. The van der Waals surface area contributed by atoms with Crippen molar-refractivity contribution in [3.8, 4) is 17.6 Å². The van der Waals surface area contributed by atoms with E-state index in [9.17, 15) is 5.11 Å². The Morgan fingerprint density at radius 3 is 2.62 bits per heavy atom. The average molecular weight is 340 g/mol. The zero-order valence-corrected chi connectivity index (χ0v) is 14.0. The first kappa shape index (κ1) is 15.9. The van der Waals surface area contributed by atoms with Gasteiger partial charge in [0, 0.05) is 29.1 Å². The number of aromatic hydroxyl groups is 1. The van der Waals surface area contributed by atoms with Gasteiger partial charge in [0.25, 0.3) is 0 Å². The molecule has 4 rings (SSSR count). The number of pyridine rings is 1. The summed E-state index contributed by atoms with van der Waals surface area (Å²) in [5.41, 5.74) is 3.52. The molecule has 2 aromatic heterocycles. The van der Waals surface area contributed by atoms with Gasteiger partial charge in [-0.15, -0.1) is 10.2 Å². The molecule has 26 heavy (non-hydrogen) atoms. The van der Waals surface area contributed by atoms with E-state index in [4.69, 9.17) is 0 Å². The van der Waals surface area contributed by atoms with Crippen LogP contribution in [0, 0.1) is 11.8 Å². The van der Waals surface area contributed by atoms with Crippen molar-refractivity contribution in [2.45, 2.75) is 13.0 Å². The summed E-state index contributed by atoms with van der Waals surface area (Å²) in [4.78, 5) is 4.47. The molecule has 2 heterocycles. The van der Waals surface area contributed by atoms with Gasteiger partial charge in [0.05, 0.1) is 12.1 Å². The first-order valence-electron chi connectivity index (χ1n) is 8.25. The fraction of sp³-hybridized carbons (Fsp3) is 0.0952. The number of aromatic nitrogens is 4. The minimum Gasteiger partial charge on any atom is -0.507 e. The molecule has 2 aromatic carbocycles. The highest BCUT2D eigenvalue weighted by Crippen LogP contribution is 2.29. The predicted molar refractivity (Wildman–Crippen MR) is 99.6 cm³/mol. The van der Waals surface area contributed by atoms with Crippen LogP contribution in [0.15, 0.2) is 67.4 Å². The molecule has 126 valence electrons. The van der Waals surface area contributed by atoms with Crippen LogP contribution in [0.25, 0.3) is 10.9 Å². The number of hydrogen-bond acceptors (Lipinski definition) is 4. The van der Waals surface area contributed by atoms with E-state index in [0.717, 1.165) is 27.6 Å². The van der Waals surface area contributed by atoms with Gasteiger partial charge in [0.2, 0.25) is 0 Å². The first-order valence-corrected chi connectivity index (χ1v) is 8.25. The lowest BCUT2D eigenvalue weighted by molar-refractivity contribution is 0.475. The van der Waals surface area contributed by atoms with Crippen molar-refractivity contribution >= 4 is 10.9 Å². The van der Waals surface area contributed by atoms with Crippen LogP contribution in [0.5, 0.6) is 5.75 Å². The van der Waals surface area contributed by atoms with Crippen molar-refractivity contribution < 1.29 is 5.11 Å². The maximum atomic E-state index is 10.7. The summed E-state index contributed by atoms with van der Waals surface area (Å²) in [6.45, 7) is 0.517. The second-order valence-electron chi connectivity index (χ2n) is 5.96. The Labute approximate surface area is 151 Å². The van der Waals surface area contributed by atoms with Crippen molar-refractivity contribution in [1.82, 2.24) is 19.7 Å². The first-order chi connectivity index (χ1) is 12.8. The zero-order chi connectivity index (χ0) is 17.8. The summed E-state index contributed by atoms with van der Waals surface area (Å²) < 4.78 is 1.80. The van der Waals surface area contributed by atoms with Crippen LogP contribution in [-0.4, -0.2) is 24.9 Å². The second kappa shape index (κ2) is 7.08. The molecule has 0 bridgehead atoms. The van der Waals surface area contributed by atoms with E-state index in [0.29, 0.717) is 13.0 Å². The highest BCUT2D eigenvalue weighted by molar-refractivity contribution is 5.87. The van der Waals surface area contributed by atoms with Crippen LogP contribution in [0.1, 0.15) is 16.7 Å². The lowest BCUT2D eigenvalue weighted by Gasteiger charge is -2.08. The molecule has 0 fully saturated rings. The molecule has 0 unspecified atom stereocenters. The third-order valence-corrected chi connectivity index (χ3v) is 4.11. The minimum atomic E-state index is 0.265. The highest BCUT2D eigenvalue weighted by atomic mass is 16.3. The minimum absolute atomic E-state index is 0.265. The number of nitrogens with zero attached hydrogens (tertiary/aromatic N) is 4. The largest absolute Gasteiger partial charge is 0.507 e. The van der Waals surface area contributed by atoms with Crippen LogP contribution in [0.4, 0.5) is 0 Å². The smallest absolute Gasteiger partial charge is 0.130 e. The fourth-order valence-electron chi connectivity index (χ4n) is 2.78. The molecule has 0 radical (unpaired) electrons. The quantitative estimate of drug-likeness (QED) is 0.582. The van der Waals surface area contributed by atoms with Crippen LogP contribution < -0.4 is 0 Å². The number of fused-ring (bicyclic) bond motifs is 1. The lowest BCUT2D eigenvalue weighted by atomic mass is 10.0. The Kier molecular flexibility index (Phi) is 4.31. The van der Waals surface area contributed by atoms with E-state index >= 15 is 0 Å². The Balaban J connectivity index is 1.64. The Hall–Kier alpha value is -3.65. The average Bonchev–Trinajstić information content (AvgIpc) is 3.19. The Morgan fingerprint density at radius 1 is 1.00 bits per heavy atom. The Morgan fingerprint density at radius 2 is 1.81 bits per heavy atom. The Bertz CT molecular complexity index is 1090. The second-order valence-corrected chi connectivity index (χ2v) is 5.96. The molecular weight excluding hydrogens is 324 g/mol. The highest BCUT2D eigenvalue weighted by Gasteiger charge is 2.09. The molecule has 0 saturated heterocycles. The van der Waals surface area contributed by atoms with Crippen LogP contribution in [0.2, 0.25) is 0 Å². The summed E-state index contributed by atoms with van der Waals surface area (Å²) in [5.74, 6) is 6.44. The van der Waals surface area contributed by atoms with E-state index in [1.165, 1.54) is 0 Å². The van der Waals surface area contributed by atoms with Gasteiger partial charge in [0.1, 0.15) is 18.4 Å². The fourth-order valence-corrected chi connectivity index (χ4v) is 2.78. The molecule has 0 aliphatic heterocycles. The van der Waals surface area contributed by atoms with E-state index in [-0.39, 0.29) is 5.75 Å². The van der Waals surface area contributed by atoms with Gasteiger partial charge in [0.15, 0.2) is 0 Å². The maximum Gasteiger partial charge on any atom is 0.130 e. The van der Waals surface area contributed by atoms with Crippen LogP contribution in [0.3, 0.4) is 0 Å². The molecule has 0 aliphatic carbocycles. The van der Waals surface area contributed by atoms with E-state index < -0.39 is 0 Å². The van der Waals surface area contributed by atoms with Crippen LogP contribution >= 0.6 is 0 Å². The molecule has 0 amide bonds. The third-order valence-electron chi connectivity index (χ3n) is 4.11. The van der Waals surface area contributed by atoms with Crippen molar-refractivity contribution in [3.63, 3.8) is 0 Å². The molecule has 1 N–H and O–H groups in total. The summed E-state index contributed by atoms with van der Waals surface area (Å²) >= 11 is 0. The van der Waals surface area contributed by atoms with Gasteiger partial charge in [-0.05, 0) is 23.8 Å². The van der Waals surface area contributed by atoms with Gasteiger partial charge in [-0.2, -0.15) is 0 Å². The summed E-state index contributed by atoms with van der Waals surface area (Å²) in [6, 6.07) is 15.7. The summed E-state index contributed by atoms with van der Waals surface area (Å²) in [6.07, 6.45) is 5.63. The molecular formula is C21H16N4O. The van der Waals surface area contributed by atoms with Gasteiger partial charge >= 0.3 is 0 Å². The summed E-state index contributed by atoms with van der Waals surface area (Å²) in [7, 11) is 0. The van der Waals surface area contributed by atoms with Gasteiger partial charge in [-0.3, -0.25) is 4.98 Å². The predicted octanol–water partition coefficient (Wildman–Crippen LogP) is 3.17. The van der Waals surface area contributed by atoms with E-state index in [1.807, 2.05) is 48.5 Å². The molecule has 5 nitrogen and oxygen atoms in total. The molecule has 4 aromatic rings. The van der Waals surface area contributed by atoms with Gasteiger partial charge in [-0.25, -0.2) is 0 Å². The molecule has 0 aliphatic rings.